The summed E-state index contributed by atoms with van der Waals surface area (Å²) in [5.74, 6) is 0.942. The van der Waals surface area contributed by atoms with E-state index in [9.17, 15) is 0 Å². The van der Waals surface area contributed by atoms with E-state index in [0.29, 0.717) is 6.42 Å². The van der Waals surface area contributed by atoms with E-state index >= 15 is 0 Å². The maximum Gasteiger partial charge on any atom is 0.115 e. The molecule has 1 rings (SSSR count). The van der Waals surface area contributed by atoms with E-state index in [-0.39, 0.29) is 0 Å². The lowest BCUT2D eigenvalue weighted by molar-refractivity contribution is 0.258. The van der Waals surface area contributed by atoms with Crippen molar-refractivity contribution in [1.29, 1.82) is 5.26 Å². The Bertz CT molecular complexity index is 203. The van der Waals surface area contributed by atoms with Crippen molar-refractivity contribution in [1.82, 2.24) is 5.32 Å². The molecule has 0 fully saturated rings. The Morgan fingerprint density at radius 1 is 1.73 bits per heavy atom. The number of rotatable bonds is 2. The highest BCUT2D eigenvalue weighted by Crippen LogP contribution is 2.16. The number of hydrogen-bond donors (Lipinski definition) is 1. The van der Waals surface area contributed by atoms with Crippen molar-refractivity contribution in [3.63, 3.8) is 0 Å². The molecular formula is C8H12N2O. The van der Waals surface area contributed by atoms with Crippen LogP contribution in [0.5, 0.6) is 0 Å². The zero-order valence-electron chi connectivity index (χ0n) is 6.68. The van der Waals surface area contributed by atoms with Crippen LogP contribution in [-0.2, 0) is 4.74 Å². The lowest BCUT2D eigenvalue weighted by Gasteiger charge is -2.18. The SMILES string of the molecule is COC1=C(CC#N)NCCC1. The number of nitriles is 1. The zero-order valence-corrected chi connectivity index (χ0v) is 6.68. The van der Waals surface area contributed by atoms with Crippen LogP contribution in [0.2, 0.25) is 0 Å². The molecule has 0 bridgehead atoms. The Hall–Kier alpha value is -1.17. The van der Waals surface area contributed by atoms with Gasteiger partial charge in [0.15, 0.2) is 0 Å². The Morgan fingerprint density at radius 2 is 2.55 bits per heavy atom. The molecule has 1 aliphatic heterocycles. The molecule has 0 saturated heterocycles. The highest BCUT2D eigenvalue weighted by atomic mass is 16.5. The van der Waals surface area contributed by atoms with Gasteiger partial charge in [0.25, 0.3) is 0 Å². The van der Waals surface area contributed by atoms with E-state index in [2.05, 4.69) is 11.4 Å². The minimum atomic E-state index is 0.434. The fourth-order valence-corrected chi connectivity index (χ4v) is 1.20. The van der Waals surface area contributed by atoms with Gasteiger partial charge in [0.2, 0.25) is 0 Å². The molecule has 0 aromatic heterocycles. The largest absolute Gasteiger partial charge is 0.499 e. The van der Waals surface area contributed by atoms with Gasteiger partial charge in [-0.25, -0.2) is 0 Å². The summed E-state index contributed by atoms with van der Waals surface area (Å²) < 4.78 is 5.12. The molecule has 3 nitrogen and oxygen atoms in total. The molecule has 0 aliphatic carbocycles. The average Bonchev–Trinajstić information content (AvgIpc) is 2.06. The summed E-state index contributed by atoms with van der Waals surface area (Å²) in [5, 5.41) is 11.6. The van der Waals surface area contributed by atoms with E-state index in [4.69, 9.17) is 10.00 Å². The third-order valence-corrected chi connectivity index (χ3v) is 1.76. The quantitative estimate of drug-likeness (QED) is 0.645. The van der Waals surface area contributed by atoms with Gasteiger partial charge in [-0.3, -0.25) is 0 Å². The number of methoxy groups -OCH3 is 1. The van der Waals surface area contributed by atoms with Crippen molar-refractivity contribution >= 4 is 0 Å². The van der Waals surface area contributed by atoms with E-state index in [1.807, 2.05) is 0 Å². The number of hydrogen-bond acceptors (Lipinski definition) is 3. The first-order chi connectivity index (χ1) is 5.38. The second-order valence-corrected chi connectivity index (χ2v) is 2.47. The second-order valence-electron chi connectivity index (χ2n) is 2.47. The summed E-state index contributed by atoms with van der Waals surface area (Å²) in [6.07, 6.45) is 2.49. The van der Waals surface area contributed by atoms with E-state index < -0.39 is 0 Å². The maximum atomic E-state index is 8.45. The van der Waals surface area contributed by atoms with Gasteiger partial charge in [0.1, 0.15) is 5.76 Å². The molecule has 0 aromatic carbocycles. The molecular weight excluding hydrogens is 140 g/mol. The molecule has 1 aliphatic rings. The number of nitrogens with one attached hydrogen (secondary N) is 1. The maximum absolute atomic E-state index is 8.45. The predicted molar refractivity (Wildman–Crippen MR) is 41.5 cm³/mol. The molecule has 1 N–H and O–H groups in total. The molecule has 0 radical (unpaired) electrons. The first-order valence-corrected chi connectivity index (χ1v) is 3.75. The summed E-state index contributed by atoms with van der Waals surface area (Å²) in [5.41, 5.74) is 0.959. The van der Waals surface area contributed by atoms with Crippen LogP contribution >= 0.6 is 0 Å². The van der Waals surface area contributed by atoms with Crippen LogP contribution in [0.3, 0.4) is 0 Å². The van der Waals surface area contributed by atoms with Crippen LogP contribution in [0.25, 0.3) is 0 Å². The monoisotopic (exact) mass is 152 g/mol. The zero-order chi connectivity index (χ0) is 8.10. The van der Waals surface area contributed by atoms with Gasteiger partial charge in [-0.05, 0) is 6.42 Å². The van der Waals surface area contributed by atoms with Crippen LogP contribution in [-0.4, -0.2) is 13.7 Å². The molecule has 3 heteroatoms. The number of ether oxygens (including phenoxy) is 1. The van der Waals surface area contributed by atoms with Crippen molar-refractivity contribution in [2.24, 2.45) is 0 Å². The first-order valence-electron chi connectivity index (χ1n) is 3.75. The lowest BCUT2D eigenvalue weighted by Crippen LogP contribution is -2.22. The van der Waals surface area contributed by atoms with Crippen LogP contribution < -0.4 is 5.32 Å². The highest BCUT2D eigenvalue weighted by molar-refractivity contribution is 5.13. The molecule has 0 amide bonds. The van der Waals surface area contributed by atoms with E-state index in [0.717, 1.165) is 30.8 Å². The fraction of sp³-hybridized carbons (Fsp3) is 0.625. The van der Waals surface area contributed by atoms with Crippen molar-refractivity contribution in [3.8, 4) is 6.07 Å². The number of nitrogens with zero attached hydrogens (tertiary/aromatic N) is 1. The summed E-state index contributed by atoms with van der Waals surface area (Å²) in [6.45, 7) is 0.962. The van der Waals surface area contributed by atoms with Gasteiger partial charge in [-0.2, -0.15) is 5.26 Å². The van der Waals surface area contributed by atoms with Crippen molar-refractivity contribution in [2.45, 2.75) is 19.3 Å². The van der Waals surface area contributed by atoms with Gasteiger partial charge in [-0.1, -0.05) is 0 Å². The third-order valence-electron chi connectivity index (χ3n) is 1.76. The van der Waals surface area contributed by atoms with Crippen LogP contribution in [0.4, 0.5) is 0 Å². The van der Waals surface area contributed by atoms with Gasteiger partial charge in [-0.15, -0.1) is 0 Å². The number of allylic oxidation sites excluding steroid dienone is 2. The molecule has 0 spiro atoms. The Balaban J connectivity index is 2.66. The second kappa shape index (κ2) is 3.87. The molecule has 60 valence electrons. The normalized spacial score (nSPS) is 17.1. The average molecular weight is 152 g/mol. The van der Waals surface area contributed by atoms with Crippen molar-refractivity contribution in [2.75, 3.05) is 13.7 Å². The summed E-state index contributed by atoms with van der Waals surface area (Å²) in [4.78, 5) is 0. The molecule has 0 saturated carbocycles. The summed E-state index contributed by atoms with van der Waals surface area (Å²) in [6, 6.07) is 2.10. The van der Waals surface area contributed by atoms with E-state index in [1.165, 1.54) is 0 Å². The van der Waals surface area contributed by atoms with Gasteiger partial charge >= 0.3 is 0 Å². The molecule has 0 aromatic rings. The fourth-order valence-electron chi connectivity index (χ4n) is 1.20. The van der Waals surface area contributed by atoms with Crippen molar-refractivity contribution in [3.05, 3.63) is 11.5 Å². The molecule has 11 heavy (non-hydrogen) atoms. The highest BCUT2D eigenvalue weighted by Gasteiger charge is 2.11. The molecule has 0 atom stereocenters. The smallest absolute Gasteiger partial charge is 0.115 e. The van der Waals surface area contributed by atoms with Crippen LogP contribution in [0.15, 0.2) is 11.5 Å². The lowest BCUT2D eigenvalue weighted by atomic mass is 10.1. The van der Waals surface area contributed by atoms with Gasteiger partial charge < -0.3 is 10.1 Å². The summed E-state index contributed by atoms with van der Waals surface area (Å²) in [7, 11) is 1.65. The van der Waals surface area contributed by atoms with Crippen molar-refractivity contribution < 1.29 is 4.74 Å². The molecule has 1 heterocycles. The standard InChI is InChI=1S/C8H12N2O/c1-11-8-3-2-6-10-7(8)4-5-9/h10H,2-4,6H2,1H3. The van der Waals surface area contributed by atoms with Crippen LogP contribution in [0.1, 0.15) is 19.3 Å². The topological polar surface area (TPSA) is 45.0 Å². The predicted octanol–water partition coefficient (Wildman–Crippen LogP) is 1.14. The minimum Gasteiger partial charge on any atom is -0.499 e. The van der Waals surface area contributed by atoms with Gasteiger partial charge in [0, 0.05) is 13.0 Å². The Labute approximate surface area is 66.7 Å². The van der Waals surface area contributed by atoms with Gasteiger partial charge in [0.05, 0.1) is 25.3 Å². The van der Waals surface area contributed by atoms with Crippen LogP contribution in [0, 0.1) is 11.3 Å². The first kappa shape index (κ1) is 7.93. The summed E-state index contributed by atoms with van der Waals surface area (Å²) >= 11 is 0. The Kier molecular flexibility index (Phi) is 2.79. The third kappa shape index (κ3) is 1.87. The molecule has 0 unspecified atom stereocenters. The minimum absolute atomic E-state index is 0.434. The van der Waals surface area contributed by atoms with E-state index in [1.54, 1.807) is 7.11 Å². The Morgan fingerprint density at radius 3 is 3.18 bits per heavy atom.